The lowest BCUT2D eigenvalue weighted by molar-refractivity contribution is 0.289. The molecule has 0 aliphatic heterocycles. The summed E-state index contributed by atoms with van der Waals surface area (Å²) in [5.74, 6) is -0.130. The summed E-state index contributed by atoms with van der Waals surface area (Å²) in [7, 11) is 0. The Morgan fingerprint density at radius 2 is 2.33 bits per heavy atom. The average molecular weight is 288 g/mol. The zero-order valence-corrected chi connectivity index (χ0v) is 10.0. The molecule has 0 amide bonds. The second kappa shape index (κ2) is 4.72. The van der Waals surface area contributed by atoms with Crippen molar-refractivity contribution in [1.82, 2.24) is 4.98 Å². The first-order valence-corrected chi connectivity index (χ1v) is 5.89. The second-order valence-electron chi connectivity index (χ2n) is 2.79. The summed E-state index contributed by atoms with van der Waals surface area (Å²) >= 11 is 4.74. The molecule has 0 N–H and O–H groups in total. The maximum absolute atomic E-state index is 13.2. The molecule has 2 nitrogen and oxygen atoms in total. The fraction of sp³-hybridized carbons (Fsp3) is 0.100. The van der Waals surface area contributed by atoms with E-state index in [0.29, 0.717) is 6.61 Å². The molecular weight excluding hydrogens is 281 g/mol. The standard InChI is InChI=1S/C10H7BrFNOS/c11-7-1-2-8(12)9(5-7)14-6-10-13-3-4-15-10/h1-5H,6H2. The number of halogens is 2. The summed E-state index contributed by atoms with van der Waals surface area (Å²) < 4.78 is 19.3. The van der Waals surface area contributed by atoms with Crippen LogP contribution >= 0.6 is 27.3 Å². The van der Waals surface area contributed by atoms with Crippen LogP contribution in [0.1, 0.15) is 5.01 Å². The first kappa shape index (κ1) is 10.6. The topological polar surface area (TPSA) is 22.1 Å². The highest BCUT2D eigenvalue weighted by molar-refractivity contribution is 9.10. The van der Waals surface area contributed by atoms with Crippen molar-refractivity contribution in [1.29, 1.82) is 0 Å². The maximum atomic E-state index is 13.2. The molecular formula is C10H7BrFNOS. The van der Waals surface area contributed by atoms with Gasteiger partial charge in [0.15, 0.2) is 11.6 Å². The average Bonchev–Trinajstić information content (AvgIpc) is 2.72. The van der Waals surface area contributed by atoms with Gasteiger partial charge in [-0.2, -0.15) is 0 Å². The lowest BCUT2D eigenvalue weighted by Gasteiger charge is -2.05. The van der Waals surface area contributed by atoms with Gasteiger partial charge in [0, 0.05) is 16.0 Å². The third-order valence-electron chi connectivity index (χ3n) is 1.73. The van der Waals surface area contributed by atoms with Crippen molar-refractivity contribution in [2.24, 2.45) is 0 Å². The molecule has 1 aromatic heterocycles. The van der Waals surface area contributed by atoms with Crippen LogP contribution in [0.15, 0.2) is 34.2 Å². The molecule has 2 rings (SSSR count). The summed E-state index contributed by atoms with van der Waals surface area (Å²) in [6, 6.07) is 4.59. The Bertz CT molecular complexity index is 447. The molecule has 78 valence electrons. The smallest absolute Gasteiger partial charge is 0.165 e. The zero-order valence-electron chi connectivity index (χ0n) is 7.61. The normalized spacial score (nSPS) is 10.3. The minimum Gasteiger partial charge on any atom is -0.483 e. The Morgan fingerprint density at radius 3 is 3.07 bits per heavy atom. The highest BCUT2D eigenvalue weighted by Crippen LogP contribution is 2.23. The Hall–Kier alpha value is -0.940. The first-order valence-electron chi connectivity index (χ1n) is 4.22. The van der Waals surface area contributed by atoms with E-state index in [9.17, 15) is 4.39 Å². The molecule has 0 fully saturated rings. The van der Waals surface area contributed by atoms with Gasteiger partial charge in [0.2, 0.25) is 0 Å². The van der Waals surface area contributed by atoms with Crippen LogP contribution in [0.5, 0.6) is 5.75 Å². The van der Waals surface area contributed by atoms with Gasteiger partial charge < -0.3 is 4.74 Å². The monoisotopic (exact) mass is 287 g/mol. The van der Waals surface area contributed by atoms with Gasteiger partial charge in [0.25, 0.3) is 0 Å². The number of nitrogens with zero attached hydrogens (tertiary/aromatic N) is 1. The number of hydrogen-bond acceptors (Lipinski definition) is 3. The summed E-state index contributed by atoms with van der Waals surface area (Å²) in [6.45, 7) is 0.297. The van der Waals surface area contributed by atoms with Crippen LogP contribution in [0.4, 0.5) is 4.39 Å². The van der Waals surface area contributed by atoms with Gasteiger partial charge in [-0.25, -0.2) is 9.37 Å². The third-order valence-corrected chi connectivity index (χ3v) is 2.97. The Balaban J connectivity index is 2.07. The number of thiazole rings is 1. The highest BCUT2D eigenvalue weighted by atomic mass is 79.9. The SMILES string of the molecule is Fc1ccc(Br)cc1OCc1nccs1. The lowest BCUT2D eigenvalue weighted by Crippen LogP contribution is -1.96. The molecule has 0 aliphatic carbocycles. The van der Waals surface area contributed by atoms with E-state index in [0.717, 1.165) is 9.48 Å². The van der Waals surface area contributed by atoms with E-state index in [2.05, 4.69) is 20.9 Å². The largest absolute Gasteiger partial charge is 0.483 e. The van der Waals surface area contributed by atoms with Crippen molar-refractivity contribution in [3.63, 3.8) is 0 Å². The Labute approximate surface area is 98.9 Å². The van der Waals surface area contributed by atoms with E-state index in [-0.39, 0.29) is 11.6 Å². The summed E-state index contributed by atoms with van der Waals surface area (Å²) in [5, 5.41) is 2.69. The van der Waals surface area contributed by atoms with E-state index in [1.807, 2.05) is 5.38 Å². The molecule has 2 aromatic rings. The molecule has 0 bridgehead atoms. The van der Waals surface area contributed by atoms with Gasteiger partial charge in [0.05, 0.1) is 0 Å². The molecule has 15 heavy (non-hydrogen) atoms. The Kier molecular flexibility index (Phi) is 3.33. The highest BCUT2D eigenvalue weighted by Gasteiger charge is 2.04. The fourth-order valence-corrected chi connectivity index (χ4v) is 1.92. The van der Waals surface area contributed by atoms with Crippen molar-refractivity contribution in [3.05, 3.63) is 45.1 Å². The molecule has 0 radical (unpaired) electrons. The van der Waals surface area contributed by atoms with Crippen molar-refractivity contribution >= 4 is 27.3 Å². The van der Waals surface area contributed by atoms with Gasteiger partial charge in [0.1, 0.15) is 11.6 Å². The number of aromatic nitrogens is 1. The predicted molar refractivity (Wildman–Crippen MR) is 60.5 cm³/mol. The number of rotatable bonds is 3. The van der Waals surface area contributed by atoms with E-state index in [1.54, 1.807) is 18.3 Å². The molecule has 1 aromatic carbocycles. The van der Waals surface area contributed by atoms with Crippen molar-refractivity contribution in [2.45, 2.75) is 6.61 Å². The van der Waals surface area contributed by atoms with Crippen LogP contribution in [0.2, 0.25) is 0 Å². The molecule has 0 saturated carbocycles. The molecule has 0 saturated heterocycles. The summed E-state index contributed by atoms with van der Waals surface area (Å²) in [6.07, 6.45) is 1.70. The van der Waals surface area contributed by atoms with E-state index in [4.69, 9.17) is 4.74 Å². The maximum Gasteiger partial charge on any atom is 0.165 e. The summed E-state index contributed by atoms with van der Waals surface area (Å²) in [4.78, 5) is 4.04. The molecule has 0 spiro atoms. The van der Waals surface area contributed by atoms with Gasteiger partial charge >= 0.3 is 0 Å². The first-order chi connectivity index (χ1) is 7.25. The second-order valence-corrected chi connectivity index (χ2v) is 4.68. The third kappa shape index (κ3) is 2.76. The minimum atomic E-state index is -0.366. The predicted octanol–water partition coefficient (Wildman–Crippen LogP) is 3.62. The molecule has 0 aliphatic rings. The Morgan fingerprint density at radius 1 is 1.47 bits per heavy atom. The van der Waals surface area contributed by atoms with Crippen LogP contribution in [0.25, 0.3) is 0 Å². The van der Waals surface area contributed by atoms with Crippen LogP contribution in [-0.4, -0.2) is 4.98 Å². The van der Waals surface area contributed by atoms with Crippen molar-refractivity contribution < 1.29 is 9.13 Å². The van der Waals surface area contributed by atoms with Crippen LogP contribution < -0.4 is 4.74 Å². The van der Waals surface area contributed by atoms with Crippen LogP contribution in [-0.2, 0) is 6.61 Å². The molecule has 0 atom stereocenters. The number of ether oxygens (including phenoxy) is 1. The van der Waals surface area contributed by atoms with E-state index >= 15 is 0 Å². The molecule has 5 heteroatoms. The number of benzene rings is 1. The van der Waals surface area contributed by atoms with Gasteiger partial charge in [-0.05, 0) is 18.2 Å². The quantitative estimate of drug-likeness (QED) is 0.860. The molecule has 0 unspecified atom stereocenters. The minimum absolute atomic E-state index is 0.236. The summed E-state index contributed by atoms with van der Waals surface area (Å²) in [5.41, 5.74) is 0. The van der Waals surface area contributed by atoms with Gasteiger partial charge in [-0.3, -0.25) is 0 Å². The lowest BCUT2D eigenvalue weighted by atomic mass is 10.3. The van der Waals surface area contributed by atoms with Gasteiger partial charge in [-0.15, -0.1) is 11.3 Å². The van der Waals surface area contributed by atoms with Crippen LogP contribution in [0.3, 0.4) is 0 Å². The molecule has 1 heterocycles. The fourth-order valence-electron chi connectivity index (χ4n) is 1.05. The van der Waals surface area contributed by atoms with Crippen molar-refractivity contribution in [3.8, 4) is 5.75 Å². The zero-order chi connectivity index (χ0) is 10.7. The van der Waals surface area contributed by atoms with E-state index in [1.165, 1.54) is 17.4 Å². The van der Waals surface area contributed by atoms with Crippen LogP contribution in [0, 0.1) is 5.82 Å². The van der Waals surface area contributed by atoms with Gasteiger partial charge in [-0.1, -0.05) is 15.9 Å². The van der Waals surface area contributed by atoms with E-state index < -0.39 is 0 Å². The number of hydrogen-bond donors (Lipinski definition) is 0. The van der Waals surface area contributed by atoms with Crippen molar-refractivity contribution in [2.75, 3.05) is 0 Å².